The van der Waals surface area contributed by atoms with Crippen LogP contribution >= 0.6 is 11.8 Å². The Kier molecular flexibility index (Phi) is 9.72. The third-order valence-electron chi connectivity index (χ3n) is 6.19. The van der Waals surface area contributed by atoms with Crippen molar-refractivity contribution in [3.05, 3.63) is 95.1 Å². The smallest absolute Gasteiger partial charge is 0.336 e. The van der Waals surface area contributed by atoms with Gasteiger partial charge in [0.1, 0.15) is 0 Å². The molecule has 4 rings (SSSR count). The minimum absolute atomic E-state index is 0.0566. The van der Waals surface area contributed by atoms with Crippen LogP contribution in [0.15, 0.2) is 77.7 Å². The summed E-state index contributed by atoms with van der Waals surface area (Å²) in [6.07, 6.45) is -1.08. The van der Waals surface area contributed by atoms with Crippen LogP contribution in [0.3, 0.4) is 0 Å². The number of thioether (sulfide) groups is 1. The number of carbonyl (C=O) groups is 3. The standard InChI is InChI=1S/C29H29NO8S/c31-16-18-5-7-19(8-6-18)24-15-22(17-39-25-4-2-1-3-23(25)28(35)36)37-29(38-24)20-9-11-21(12-10-20)30-26(32)13-14-27(33)34/h1-12,22,24,29,31H,13-17H2,(H,30,32)(H,33,34)(H,35,36)/t22-,24+,29+/m1/s1. The predicted molar refractivity (Wildman–Crippen MR) is 144 cm³/mol. The number of hydrogen-bond donors (Lipinski definition) is 4. The van der Waals surface area contributed by atoms with E-state index < -0.39 is 18.2 Å². The van der Waals surface area contributed by atoms with Gasteiger partial charge in [-0.3, -0.25) is 9.59 Å². The van der Waals surface area contributed by atoms with Gasteiger partial charge in [0.15, 0.2) is 6.29 Å². The molecule has 3 aromatic rings. The number of aliphatic carboxylic acids is 1. The topological polar surface area (TPSA) is 142 Å². The molecule has 0 unspecified atom stereocenters. The number of carboxylic acid groups (broad SMARTS) is 2. The molecule has 204 valence electrons. The van der Waals surface area contributed by atoms with Gasteiger partial charge in [-0.2, -0.15) is 0 Å². The van der Waals surface area contributed by atoms with Gasteiger partial charge in [0.25, 0.3) is 0 Å². The predicted octanol–water partition coefficient (Wildman–Crippen LogP) is 5.02. The van der Waals surface area contributed by atoms with Crippen molar-refractivity contribution in [2.24, 2.45) is 0 Å². The molecule has 3 aromatic carbocycles. The van der Waals surface area contributed by atoms with Crippen molar-refractivity contribution < 1.29 is 39.2 Å². The van der Waals surface area contributed by atoms with Crippen LogP contribution in [-0.2, 0) is 25.7 Å². The highest BCUT2D eigenvalue weighted by atomic mass is 32.2. The maximum atomic E-state index is 12.0. The van der Waals surface area contributed by atoms with E-state index >= 15 is 0 Å². The number of rotatable bonds is 11. The van der Waals surface area contributed by atoms with Crippen LogP contribution in [0.25, 0.3) is 0 Å². The van der Waals surface area contributed by atoms with Crippen LogP contribution in [0, 0.1) is 0 Å². The van der Waals surface area contributed by atoms with E-state index in [1.165, 1.54) is 11.8 Å². The van der Waals surface area contributed by atoms with Crippen molar-refractivity contribution in [3.8, 4) is 0 Å². The molecule has 1 saturated heterocycles. The van der Waals surface area contributed by atoms with Gasteiger partial charge in [0, 0.05) is 34.7 Å². The first-order chi connectivity index (χ1) is 18.8. The van der Waals surface area contributed by atoms with Gasteiger partial charge < -0.3 is 30.1 Å². The Labute approximate surface area is 229 Å². The van der Waals surface area contributed by atoms with Crippen molar-refractivity contribution in [2.75, 3.05) is 11.1 Å². The molecule has 0 spiro atoms. The van der Waals surface area contributed by atoms with Crippen molar-refractivity contribution in [1.82, 2.24) is 0 Å². The van der Waals surface area contributed by atoms with Crippen molar-refractivity contribution in [2.45, 2.75) is 49.3 Å². The van der Waals surface area contributed by atoms with Gasteiger partial charge in [-0.05, 0) is 35.4 Å². The van der Waals surface area contributed by atoms with Crippen LogP contribution in [0.5, 0.6) is 0 Å². The second-order valence-electron chi connectivity index (χ2n) is 9.03. The Morgan fingerprint density at radius 1 is 0.872 bits per heavy atom. The zero-order valence-corrected chi connectivity index (χ0v) is 21.8. The Hall–Kier alpha value is -3.70. The van der Waals surface area contributed by atoms with Gasteiger partial charge in [-0.1, -0.05) is 48.5 Å². The third kappa shape index (κ3) is 7.90. The van der Waals surface area contributed by atoms with E-state index in [1.807, 2.05) is 24.3 Å². The Morgan fingerprint density at radius 3 is 2.23 bits per heavy atom. The highest BCUT2D eigenvalue weighted by Gasteiger charge is 2.32. The lowest BCUT2D eigenvalue weighted by Gasteiger charge is -2.36. The van der Waals surface area contributed by atoms with Gasteiger partial charge in [0.2, 0.25) is 5.91 Å². The van der Waals surface area contributed by atoms with E-state index in [1.54, 1.807) is 48.5 Å². The molecule has 0 radical (unpaired) electrons. The highest BCUT2D eigenvalue weighted by Crippen LogP contribution is 2.40. The van der Waals surface area contributed by atoms with E-state index in [0.29, 0.717) is 22.8 Å². The zero-order valence-electron chi connectivity index (χ0n) is 21.0. The number of aliphatic hydroxyl groups is 1. The molecule has 0 aliphatic carbocycles. The number of amides is 1. The summed E-state index contributed by atoms with van der Waals surface area (Å²) in [6.45, 7) is -0.0566. The van der Waals surface area contributed by atoms with Crippen LogP contribution in [0.4, 0.5) is 5.69 Å². The molecule has 1 aliphatic rings. The monoisotopic (exact) mass is 551 g/mol. The molecular formula is C29H29NO8S. The number of anilines is 1. The number of aliphatic hydroxyl groups excluding tert-OH is 1. The molecule has 9 nitrogen and oxygen atoms in total. The third-order valence-corrected chi connectivity index (χ3v) is 7.40. The van der Waals surface area contributed by atoms with Crippen molar-refractivity contribution in [3.63, 3.8) is 0 Å². The normalized spacial score (nSPS) is 18.8. The van der Waals surface area contributed by atoms with Gasteiger partial charge in [-0.25, -0.2) is 4.79 Å². The first kappa shape index (κ1) is 28.3. The number of aromatic carboxylic acids is 1. The fourth-order valence-electron chi connectivity index (χ4n) is 4.14. The molecular weight excluding hydrogens is 522 g/mol. The molecule has 10 heteroatoms. The van der Waals surface area contributed by atoms with Crippen LogP contribution in [0.2, 0.25) is 0 Å². The van der Waals surface area contributed by atoms with E-state index in [9.17, 15) is 24.6 Å². The molecule has 1 aliphatic heterocycles. The van der Waals surface area contributed by atoms with Gasteiger partial charge in [-0.15, -0.1) is 11.8 Å². The molecule has 4 N–H and O–H groups in total. The van der Waals surface area contributed by atoms with Crippen molar-refractivity contribution >= 4 is 35.3 Å². The maximum absolute atomic E-state index is 12.0. The first-order valence-corrected chi connectivity index (χ1v) is 13.4. The zero-order chi connectivity index (χ0) is 27.8. The summed E-state index contributed by atoms with van der Waals surface area (Å²) in [5.74, 6) is -1.90. The SMILES string of the molecule is O=C(O)CCC(=O)Nc1ccc([C@H]2O[C@@H](CSc3ccccc3C(=O)O)C[C@@H](c3ccc(CO)cc3)O2)cc1. The minimum Gasteiger partial charge on any atom is -0.481 e. The number of ether oxygens (including phenoxy) is 2. The lowest BCUT2D eigenvalue weighted by atomic mass is 10.0. The number of nitrogens with one attached hydrogen (secondary N) is 1. The van der Waals surface area contributed by atoms with Crippen LogP contribution in [0.1, 0.15) is 58.7 Å². The largest absolute Gasteiger partial charge is 0.481 e. The lowest BCUT2D eigenvalue weighted by Crippen LogP contribution is -2.31. The fraction of sp³-hybridized carbons (Fsp3) is 0.276. The first-order valence-electron chi connectivity index (χ1n) is 12.4. The molecule has 0 saturated carbocycles. The summed E-state index contributed by atoms with van der Waals surface area (Å²) >= 11 is 1.41. The minimum atomic E-state index is -1.04. The summed E-state index contributed by atoms with van der Waals surface area (Å²) in [4.78, 5) is 34.9. The summed E-state index contributed by atoms with van der Waals surface area (Å²) in [7, 11) is 0. The quantitative estimate of drug-likeness (QED) is 0.242. The summed E-state index contributed by atoms with van der Waals surface area (Å²) in [5, 5.41) is 30.4. The molecule has 0 bridgehead atoms. The van der Waals surface area contributed by atoms with E-state index in [2.05, 4.69) is 5.32 Å². The molecule has 0 aromatic heterocycles. The van der Waals surface area contributed by atoms with Gasteiger partial charge >= 0.3 is 11.9 Å². The second-order valence-corrected chi connectivity index (χ2v) is 10.1. The number of carbonyl (C=O) groups excluding carboxylic acids is 1. The molecule has 1 fully saturated rings. The number of hydrogen-bond acceptors (Lipinski definition) is 7. The van der Waals surface area contributed by atoms with Crippen LogP contribution < -0.4 is 5.32 Å². The summed E-state index contributed by atoms with van der Waals surface area (Å²) < 4.78 is 12.6. The number of carboxylic acids is 2. The molecule has 3 atom stereocenters. The second kappa shape index (κ2) is 13.4. The Bertz CT molecular complexity index is 1300. The van der Waals surface area contributed by atoms with E-state index in [4.69, 9.17) is 14.6 Å². The fourth-order valence-corrected chi connectivity index (χ4v) is 5.21. The van der Waals surface area contributed by atoms with Crippen molar-refractivity contribution in [1.29, 1.82) is 0 Å². The Morgan fingerprint density at radius 2 is 1.56 bits per heavy atom. The molecule has 39 heavy (non-hydrogen) atoms. The lowest BCUT2D eigenvalue weighted by molar-refractivity contribution is -0.245. The molecule has 1 amide bonds. The average Bonchev–Trinajstić information content (AvgIpc) is 2.95. The van der Waals surface area contributed by atoms with E-state index in [-0.39, 0.29) is 43.1 Å². The van der Waals surface area contributed by atoms with Gasteiger partial charge in [0.05, 0.1) is 30.8 Å². The summed E-state index contributed by atoms with van der Waals surface area (Å²) in [5.41, 5.74) is 3.22. The highest BCUT2D eigenvalue weighted by molar-refractivity contribution is 7.99. The molecule has 1 heterocycles. The maximum Gasteiger partial charge on any atom is 0.336 e. The summed E-state index contributed by atoms with van der Waals surface area (Å²) in [6, 6.07) is 21.3. The average molecular weight is 552 g/mol. The van der Waals surface area contributed by atoms with E-state index in [0.717, 1.165) is 16.7 Å². The number of benzene rings is 3. The Balaban J connectivity index is 1.49. The van der Waals surface area contributed by atoms with Crippen LogP contribution in [-0.4, -0.2) is 45.0 Å².